The van der Waals surface area contributed by atoms with Crippen molar-refractivity contribution in [3.8, 4) is 0 Å². The highest BCUT2D eigenvalue weighted by molar-refractivity contribution is 9.10. The van der Waals surface area contributed by atoms with Crippen molar-refractivity contribution in [2.24, 2.45) is 0 Å². The monoisotopic (exact) mass is 410 g/mol. The average molecular weight is 411 g/mol. The summed E-state index contributed by atoms with van der Waals surface area (Å²) in [7, 11) is 0. The molecule has 0 aliphatic rings. The van der Waals surface area contributed by atoms with Crippen LogP contribution in [0.3, 0.4) is 0 Å². The quantitative estimate of drug-likeness (QED) is 0.587. The lowest BCUT2D eigenvalue weighted by molar-refractivity contribution is 0.0988. The third-order valence-electron chi connectivity index (χ3n) is 3.18. The molecule has 0 spiro atoms. The molecule has 0 saturated heterocycles. The van der Waals surface area contributed by atoms with Crippen molar-refractivity contribution < 1.29 is 9.18 Å². The SMILES string of the molecule is Cc1nc(CN(C(=O)c2sccc2Br)c2ccc(F)cc2)cs1. The molecule has 0 atom stereocenters. The Balaban J connectivity index is 1.97. The molecule has 0 aliphatic heterocycles. The van der Waals surface area contributed by atoms with Gasteiger partial charge in [-0.1, -0.05) is 0 Å². The number of thiazole rings is 1. The first kappa shape index (κ1) is 16.3. The minimum atomic E-state index is -0.331. The lowest BCUT2D eigenvalue weighted by atomic mass is 10.2. The number of amides is 1. The van der Waals surface area contributed by atoms with Crippen molar-refractivity contribution in [2.75, 3.05) is 4.90 Å². The maximum Gasteiger partial charge on any atom is 0.269 e. The number of halogens is 2. The fourth-order valence-electron chi connectivity index (χ4n) is 2.11. The van der Waals surface area contributed by atoms with Gasteiger partial charge in [0.25, 0.3) is 5.91 Å². The summed E-state index contributed by atoms with van der Waals surface area (Å²) < 4.78 is 14.0. The summed E-state index contributed by atoms with van der Waals surface area (Å²) in [6, 6.07) is 7.76. The van der Waals surface area contributed by atoms with E-state index in [0.29, 0.717) is 17.1 Å². The number of hydrogen-bond acceptors (Lipinski definition) is 4. The average Bonchev–Trinajstić information content (AvgIpc) is 3.14. The number of carbonyl (C=O) groups excluding carboxylic acids is 1. The Morgan fingerprint density at radius 2 is 2.00 bits per heavy atom. The van der Waals surface area contributed by atoms with Gasteiger partial charge in [0, 0.05) is 15.5 Å². The molecule has 0 saturated carbocycles. The van der Waals surface area contributed by atoms with Crippen LogP contribution in [0.15, 0.2) is 45.6 Å². The molecule has 0 fully saturated rings. The first-order valence-electron chi connectivity index (χ1n) is 6.76. The number of carbonyl (C=O) groups is 1. The van der Waals surface area contributed by atoms with E-state index in [9.17, 15) is 9.18 Å². The normalized spacial score (nSPS) is 10.7. The Hall–Kier alpha value is -1.57. The Labute approximate surface area is 149 Å². The van der Waals surface area contributed by atoms with Crippen molar-refractivity contribution in [1.82, 2.24) is 4.98 Å². The summed E-state index contributed by atoms with van der Waals surface area (Å²) in [5, 5.41) is 4.74. The van der Waals surface area contributed by atoms with Crippen LogP contribution >= 0.6 is 38.6 Å². The predicted molar refractivity (Wildman–Crippen MR) is 95.8 cm³/mol. The summed E-state index contributed by atoms with van der Waals surface area (Å²) >= 11 is 6.31. The second kappa shape index (κ2) is 6.90. The molecule has 2 aromatic heterocycles. The molecule has 3 nitrogen and oxygen atoms in total. The zero-order valence-electron chi connectivity index (χ0n) is 12.1. The molecular weight excluding hydrogens is 399 g/mol. The molecule has 118 valence electrons. The molecule has 0 unspecified atom stereocenters. The van der Waals surface area contributed by atoms with Gasteiger partial charge in [-0.25, -0.2) is 9.37 Å². The van der Waals surface area contributed by atoms with E-state index < -0.39 is 0 Å². The lowest BCUT2D eigenvalue weighted by Gasteiger charge is -2.21. The van der Waals surface area contributed by atoms with E-state index in [-0.39, 0.29) is 11.7 Å². The molecule has 0 bridgehead atoms. The van der Waals surface area contributed by atoms with Crippen LogP contribution in [0, 0.1) is 12.7 Å². The molecule has 3 rings (SSSR count). The molecular formula is C16H12BrFN2OS2. The van der Waals surface area contributed by atoms with Crippen LogP contribution in [0.4, 0.5) is 10.1 Å². The highest BCUT2D eigenvalue weighted by Gasteiger charge is 2.22. The number of aryl methyl sites for hydroxylation is 1. The van der Waals surface area contributed by atoms with Gasteiger partial charge < -0.3 is 4.90 Å². The summed E-state index contributed by atoms with van der Waals surface area (Å²) in [6.07, 6.45) is 0. The zero-order valence-corrected chi connectivity index (χ0v) is 15.3. The lowest BCUT2D eigenvalue weighted by Crippen LogP contribution is -2.30. The molecule has 1 aromatic carbocycles. The summed E-state index contributed by atoms with van der Waals surface area (Å²) in [6.45, 7) is 2.27. The summed E-state index contributed by atoms with van der Waals surface area (Å²) in [4.78, 5) is 19.6. The molecule has 2 heterocycles. The molecule has 23 heavy (non-hydrogen) atoms. The van der Waals surface area contributed by atoms with Crippen LogP contribution in [-0.4, -0.2) is 10.9 Å². The maximum absolute atomic E-state index is 13.2. The first-order valence-corrected chi connectivity index (χ1v) is 9.31. The van der Waals surface area contributed by atoms with E-state index in [1.165, 1.54) is 23.5 Å². The molecule has 0 aliphatic carbocycles. The highest BCUT2D eigenvalue weighted by Crippen LogP contribution is 2.28. The molecule has 0 radical (unpaired) electrons. The van der Waals surface area contributed by atoms with Gasteiger partial charge in [-0.05, 0) is 58.6 Å². The minimum Gasteiger partial charge on any atom is -0.302 e. The number of thiophene rings is 1. The molecule has 0 N–H and O–H groups in total. The van der Waals surface area contributed by atoms with E-state index in [4.69, 9.17) is 0 Å². The first-order chi connectivity index (χ1) is 11.0. The zero-order chi connectivity index (χ0) is 16.4. The standard InChI is InChI=1S/C16H12BrFN2OS2/c1-10-19-12(9-23-10)8-20(13-4-2-11(18)3-5-13)16(21)15-14(17)6-7-22-15/h2-7,9H,8H2,1H3. The van der Waals surface area contributed by atoms with E-state index in [2.05, 4.69) is 20.9 Å². The van der Waals surface area contributed by atoms with Gasteiger partial charge >= 0.3 is 0 Å². The minimum absolute atomic E-state index is 0.135. The molecule has 1 amide bonds. The number of rotatable bonds is 4. The van der Waals surface area contributed by atoms with Gasteiger partial charge in [0.1, 0.15) is 10.7 Å². The van der Waals surface area contributed by atoms with Crippen LogP contribution < -0.4 is 4.90 Å². The van der Waals surface area contributed by atoms with Crippen LogP contribution in [-0.2, 0) is 6.54 Å². The third kappa shape index (κ3) is 3.68. The van der Waals surface area contributed by atoms with Crippen molar-refractivity contribution in [2.45, 2.75) is 13.5 Å². The number of aromatic nitrogens is 1. The summed E-state index contributed by atoms with van der Waals surface area (Å²) in [5.74, 6) is -0.466. The van der Waals surface area contributed by atoms with Gasteiger partial charge in [-0.2, -0.15) is 0 Å². The van der Waals surface area contributed by atoms with Crippen LogP contribution in [0.25, 0.3) is 0 Å². The Bertz CT molecular complexity index is 829. The van der Waals surface area contributed by atoms with Gasteiger partial charge in [0.15, 0.2) is 0 Å². The smallest absolute Gasteiger partial charge is 0.269 e. The van der Waals surface area contributed by atoms with Gasteiger partial charge in [-0.15, -0.1) is 22.7 Å². The number of benzene rings is 1. The van der Waals surface area contributed by atoms with Crippen molar-refractivity contribution in [3.05, 3.63) is 67.0 Å². The number of hydrogen-bond donors (Lipinski definition) is 0. The van der Waals surface area contributed by atoms with Crippen molar-refractivity contribution in [3.63, 3.8) is 0 Å². The molecule has 7 heteroatoms. The fraction of sp³-hybridized carbons (Fsp3) is 0.125. The predicted octanol–water partition coefficient (Wildman–Crippen LogP) is 5.26. The number of nitrogens with zero attached hydrogens (tertiary/aromatic N) is 2. The highest BCUT2D eigenvalue weighted by atomic mass is 79.9. The van der Waals surface area contributed by atoms with Crippen LogP contribution in [0.1, 0.15) is 20.4 Å². The van der Waals surface area contributed by atoms with Gasteiger partial charge in [-0.3, -0.25) is 4.79 Å². The maximum atomic E-state index is 13.2. The third-order valence-corrected chi connectivity index (χ3v) is 5.83. The topological polar surface area (TPSA) is 33.2 Å². The van der Waals surface area contributed by atoms with E-state index >= 15 is 0 Å². The Morgan fingerprint density at radius 3 is 2.57 bits per heavy atom. The van der Waals surface area contributed by atoms with E-state index in [1.807, 2.05) is 23.8 Å². The fourth-order valence-corrected chi connectivity index (χ4v) is 4.21. The summed E-state index contributed by atoms with van der Waals surface area (Å²) in [5.41, 5.74) is 1.46. The van der Waals surface area contributed by atoms with Gasteiger partial charge in [0.05, 0.1) is 17.2 Å². The van der Waals surface area contributed by atoms with Crippen LogP contribution in [0.5, 0.6) is 0 Å². The Kier molecular flexibility index (Phi) is 4.89. The van der Waals surface area contributed by atoms with E-state index in [1.54, 1.807) is 28.4 Å². The molecule has 3 aromatic rings. The second-order valence-corrected chi connectivity index (χ2v) is 7.66. The van der Waals surface area contributed by atoms with Gasteiger partial charge in [0.2, 0.25) is 0 Å². The van der Waals surface area contributed by atoms with Crippen molar-refractivity contribution >= 4 is 50.2 Å². The number of anilines is 1. The largest absolute Gasteiger partial charge is 0.302 e. The van der Waals surface area contributed by atoms with Crippen LogP contribution in [0.2, 0.25) is 0 Å². The Morgan fingerprint density at radius 1 is 1.26 bits per heavy atom. The second-order valence-electron chi connectivity index (χ2n) is 4.82. The van der Waals surface area contributed by atoms with E-state index in [0.717, 1.165) is 15.2 Å². The van der Waals surface area contributed by atoms with Crippen molar-refractivity contribution in [1.29, 1.82) is 0 Å².